The predicted octanol–water partition coefficient (Wildman–Crippen LogP) is 2.22. The number of nitrogens with two attached hydrogens (primary N) is 1. The van der Waals surface area contributed by atoms with Crippen molar-refractivity contribution in [3.63, 3.8) is 0 Å². The molecule has 2 unspecified atom stereocenters. The number of rotatable bonds is 3. The average Bonchev–Trinajstić information content (AvgIpc) is 2.47. The average molecular weight is 256 g/mol. The molecule has 3 nitrogen and oxygen atoms in total. The first kappa shape index (κ1) is 12.6. The maximum absolute atomic E-state index is 6.38. The van der Waals surface area contributed by atoms with Gasteiger partial charge in [0.25, 0.3) is 0 Å². The van der Waals surface area contributed by atoms with E-state index in [0.29, 0.717) is 0 Å². The van der Waals surface area contributed by atoms with E-state index < -0.39 is 0 Å². The molecule has 100 valence electrons. The first-order valence-corrected chi connectivity index (χ1v) is 6.90. The van der Waals surface area contributed by atoms with Crippen molar-refractivity contribution in [2.45, 2.75) is 18.6 Å². The van der Waals surface area contributed by atoms with Crippen LogP contribution in [0.25, 0.3) is 10.8 Å². The number of morpholine rings is 1. The molecule has 19 heavy (non-hydrogen) atoms. The van der Waals surface area contributed by atoms with Crippen molar-refractivity contribution in [2.75, 3.05) is 19.7 Å². The molecule has 0 radical (unpaired) electrons. The van der Waals surface area contributed by atoms with Crippen LogP contribution in [0.15, 0.2) is 42.5 Å². The zero-order valence-electron chi connectivity index (χ0n) is 11.0. The van der Waals surface area contributed by atoms with Crippen LogP contribution in [0.1, 0.15) is 18.0 Å². The summed E-state index contributed by atoms with van der Waals surface area (Å²) in [6, 6.07) is 14.8. The number of ether oxygens (including phenoxy) is 1. The van der Waals surface area contributed by atoms with Gasteiger partial charge in [0.15, 0.2) is 0 Å². The van der Waals surface area contributed by atoms with Crippen LogP contribution in [-0.4, -0.2) is 25.8 Å². The second-order valence-corrected chi connectivity index (χ2v) is 5.11. The van der Waals surface area contributed by atoms with Gasteiger partial charge in [-0.15, -0.1) is 0 Å². The third-order valence-corrected chi connectivity index (χ3v) is 3.74. The first-order chi connectivity index (χ1) is 9.34. The first-order valence-electron chi connectivity index (χ1n) is 6.90. The Morgan fingerprint density at radius 1 is 1.21 bits per heavy atom. The van der Waals surface area contributed by atoms with Crippen LogP contribution in [0.2, 0.25) is 0 Å². The molecule has 1 aliphatic rings. The van der Waals surface area contributed by atoms with E-state index in [-0.39, 0.29) is 12.1 Å². The smallest absolute Gasteiger partial charge is 0.0718 e. The molecule has 0 saturated carbocycles. The summed E-state index contributed by atoms with van der Waals surface area (Å²) in [4.78, 5) is 0. The largest absolute Gasteiger partial charge is 0.376 e. The maximum Gasteiger partial charge on any atom is 0.0718 e. The van der Waals surface area contributed by atoms with Gasteiger partial charge < -0.3 is 15.8 Å². The molecule has 0 bridgehead atoms. The molecule has 0 aromatic heterocycles. The molecular weight excluding hydrogens is 236 g/mol. The third-order valence-electron chi connectivity index (χ3n) is 3.74. The standard InChI is InChI=1S/C16H20N2O/c17-16(10-13-11-18-8-9-19-13)15-7-3-5-12-4-1-2-6-14(12)15/h1-7,13,16,18H,8-11,17H2. The van der Waals surface area contributed by atoms with Crippen molar-refractivity contribution in [1.82, 2.24) is 5.32 Å². The van der Waals surface area contributed by atoms with Gasteiger partial charge in [-0.05, 0) is 22.8 Å². The van der Waals surface area contributed by atoms with Gasteiger partial charge in [-0.1, -0.05) is 42.5 Å². The topological polar surface area (TPSA) is 47.3 Å². The molecule has 1 fully saturated rings. The zero-order chi connectivity index (χ0) is 13.1. The summed E-state index contributed by atoms with van der Waals surface area (Å²) in [6.45, 7) is 2.63. The zero-order valence-corrected chi connectivity index (χ0v) is 11.0. The van der Waals surface area contributed by atoms with Crippen molar-refractivity contribution in [3.05, 3.63) is 48.0 Å². The lowest BCUT2D eigenvalue weighted by atomic mass is 9.95. The normalized spacial score (nSPS) is 21.4. The van der Waals surface area contributed by atoms with E-state index in [2.05, 4.69) is 47.8 Å². The van der Waals surface area contributed by atoms with Gasteiger partial charge in [-0.3, -0.25) is 0 Å². The second-order valence-electron chi connectivity index (χ2n) is 5.11. The van der Waals surface area contributed by atoms with Crippen LogP contribution in [0.3, 0.4) is 0 Å². The fourth-order valence-electron chi connectivity index (χ4n) is 2.76. The van der Waals surface area contributed by atoms with Gasteiger partial charge in [0.1, 0.15) is 0 Å². The lowest BCUT2D eigenvalue weighted by Crippen LogP contribution is -2.40. The molecular formula is C16H20N2O. The summed E-state index contributed by atoms with van der Waals surface area (Å²) in [6.07, 6.45) is 1.09. The number of benzene rings is 2. The molecule has 1 saturated heterocycles. The Kier molecular flexibility index (Phi) is 3.78. The minimum Gasteiger partial charge on any atom is -0.376 e. The van der Waals surface area contributed by atoms with Crippen LogP contribution >= 0.6 is 0 Å². The maximum atomic E-state index is 6.38. The highest BCUT2D eigenvalue weighted by Gasteiger charge is 2.19. The minimum atomic E-state index is 0.0241. The number of hydrogen-bond donors (Lipinski definition) is 2. The Balaban J connectivity index is 1.82. The van der Waals surface area contributed by atoms with E-state index in [1.807, 2.05) is 0 Å². The van der Waals surface area contributed by atoms with E-state index >= 15 is 0 Å². The van der Waals surface area contributed by atoms with Crippen LogP contribution in [0.4, 0.5) is 0 Å². The van der Waals surface area contributed by atoms with E-state index in [0.717, 1.165) is 26.1 Å². The van der Waals surface area contributed by atoms with Crippen LogP contribution in [0, 0.1) is 0 Å². The summed E-state index contributed by atoms with van der Waals surface area (Å²) in [5.74, 6) is 0. The van der Waals surface area contributed by atoms with Gasteiger partial charge >= 0.3 is 0 Å². The molecule has 2 aromatic carbocycles. The molecule has 2 aromatic rings. The Morgan fingerprint density at radius 3 is 2.89 bits per heavy atom. The molecule has 2 atom stereocenters. The molecule has 0 aliphatic carbocycles. The summed E-state index contributed by atoms with van der Waals surface area (Å²) in [7, 11) is 0. The van der Waals surface area contributed by atoms with Crippen LogP contribution in [-0.2, 0) is 4.74 Å². The fourth-order valence-corrected chi connectivity index (χ4v) is 2.76. The van der Waals surface area contributed by atoms with Gasteiger partial charge in [0.2, 0.25) is 0 Å². The highest BCUT2D eigenvalue weighted by molar-refractivity contribution is 5.86. The lowest BCUT2D eigenvalue weighted by Gasteiger charge is -2.26. The van der Waals surface area contributed by atoms with Crippen LogP contribution in [0.5, 0.6) is 0 Å². The van der Waals surface area contributed by atoms with Crippen molar-refractivity contribution in [1.29, 1.82) is 0 Å². The van der Waals surface area contributed by atoms with E-state index in [9.17, 15) is 0 Å². The Labute approximate surface area is 113 Å². The van der Waals surface area contributed by atoms with Gasteiger partial charge in [-0.2, -0.15) is 0 Å². The van der Waals surface area contributed by atoms with E-state index in [4.69, 9.17) is 10.5 Å². The SMILES string of the molecule is NC(CC1CNCCO1)c1cccc2ccccc12. The molecule has 1 aliphatic heterocycles. The highest BCUT2D eigenvalue weighted by Crippen LogP contribution is 2.26. The van der Waals surface area contributed by atoms with Crippen molar-refractivity contribution in [2.24, 2.45) is 5.73 Å². The Morgan fingerprint density at radius 2 is 2.05 bits per heavy atom. The van der Waals surface area contributed by atoms with Crippen LogP contribution < -0.4 is 11.1 Å². The van der Waals surface area contributed by atoms with Crippen molar-refractivity contribution in [3.8, 4) is 0 Å². The monoisotopic (exact) mass is 256 g/mol. The summed E-state index contributed by atoms with van der Waals surface area (Å²) < 4.78 is 5.74. The molecule has 0 amide bonds. The summed E-state index contributed by atoms with van der Waals surface area (Å²) >= 11 is 0. The molecule has 0 spiro atoms. The number of nitrogens with one attached hydrogen (secondary N) is 1. The quantitative estimate of drug-likeness (QED) is 0.885. The number of fused-ring (bicyclic) bond motifs is 1. The van der Waals surface area contributed by atoms with E-state index in [1.165, 1.54) is 16.3 Å². The predicted molar refractivity (Wildman–Crippen MR) is 78.1 cm³/mol. The van der Waals surface area contributed by atoms with Crippen molar-refractivity contribution >= 4 is 10.8 Å². The fraction of sp³-hybridized carbons (Fsp3) is 0.375. The second kappa shape index (κ2) is 5.70. The Hall–Kier alpha value is -1.42. The molecule has 3 heteroatoms. The molecule has 3 rings (SSSR count). The molecule has 1 heterocycles. The van der Waals surface area contributed by atoms with Gasteiger partial charge in [0.05, 0.1) is 12.7 Å². The summed E-state index contributed by atoms with van der Waals surface area (Å²) in [5, 5.41) is 5.85. The highest BCUT2D eigenvalue weighted by atomic mass is 16.5. The lowest BCUT2D eigenvalue weighted by molar-refractivity contribution is 0.0196. The van der Waals surface area contributed by atoms with Crippen molar-refractivity contribution < 1.29 is 4.74 Å². The van der Waals surface area contributed by atoms with Gasteiger partial charge in [0, 0.05) is 19.1 Å². The Bertz CT molecular complexity index is 544. The minimum absolute atomic E-state index is 0.0241. The van der Waals surface area contributed by atoms with Gasteiger partial charge in [-0.25, -0.2) is 0 Å². The molecule has 3 N–H and O–H groups in total. The third kappa shape index (κ3) is 2.78. The number of hydrogen-bond acceptors (Lipinski definition) is 3. The van der Waals surface area contributed by atoms with E-state index in [1.54, 1.807) is 0 Å². The summed E-state index contributed by atoms with van der Waals surface area (Å²) in [5.41, 5.74) is 7.60.